The summed E-state index contributed by atoms with van der Waals surface area (Å²) >= 11 is 0. The first-order valence-electron chi connectivity index (χ1n) is 7.87. The number of likely N-dealkylation sites (N-methyl/N-ethyl adjacent to an activating group) is 2. The van der Waals surface area contributed by atoms with Gasteiger partial charge in [-0.1, -0.05) is 13.8 Å². The highest BCUT2D eigenvalue weighted by molar-refractivity contribution is 7.89. The van der Waals surface area contributed by atoms with Gasteiger partial charge in [0.15, 0.2) is 0 Å². The molecule has 1 heterocycles. The summed E-state index contributed by atoms with van der Waals surface area (Å²) in [5, 5.41) is 2.94. The molecule has 1 aromatic heterocycles. The van der Waals surface area contributed by atoms with Crippen LogP contribution in [0.3, 0.4) is 0 Å². The number of nitrogens with one attached hydrogen (secondary N) is 1. The van der Waals surface area contributed by atoms with Crippen molar-refractivity contribution in [3.05, 3.63) is 28.7 Å². The van der Waals surface area contributed by atoms with Gasteiger partial charge in [-0.2, -0.15) is 4.31 Å². The third-order valence-corrected chi connectivity index (χ3v) is 5.76. The summed E-state index contributed by atoms with van der Waals surface area (Å²) in [5.74, 6) is -0.260. The lowest BCUT2D eigenvalue weighted by molar-refractivity contribution is -0.130. The van der Waals surface area contributed by atoms with Crippen LogP contribution in [0.4, 0.5) is 0 Å². The minimum atomic E-state index is -3.67. The zero-order valence-corrected chi connectivity index (χ0v) is 16.7. The van der Waals surface area contributed by atoms with Gasteiger partial charge in [0.1, 0.15) is 6.54 Å². The molecule has 0 atom stereocenters. The third kappa shape index (κ3) is 6.10. The van der Waals surface area contributed by atoms with E-state index < -0.39 is 15.6 Å². The van der Waals surface area contributed by atoms with Gasteiger partial charge >= 0.3 is 0 Å². The number of rotatable bonds is 9. The average molecular weight is 395 g/mol. The number of nitrogens with zero attached hydrogens (tertiary/aromatic N) is 3. The first kappa shape index (κ1) is 23.6. The molecule has 1 amide bonds. The van der Waals surface area contributed by atoms with Gasteiger partial charge in [0.2, 0.25) is 15.9 Å². The molecule has 0 unspecified atom stereocenters. The van der Waals surface area contributed by atoms with Gasteiger partial charge in [0.05, 0.1) is 4.90 Å². The molecule has 10 heteroatoms. The molecule has 8 nitrogen and oxygen atoms in total. The fraction of sp³-hybridized carbons (Fsp3) is 0.600. The molecular weight excluding hydrogens is 368 g/mol. The Morgan fingerprint density at radius 2 is 1.84 bits per heavy atom. The molecule has 1 N–H and O–H groups in total. The molecule has 0 radical (unpaired) electrons. The topological polar surface area (TPSA) is 91.7 Å². The van der Waals surface area contributed by atoms with Gasteiger partial charge in [0, 0.05) is 45.5 Å². The molecule has 0 fully saturated rings. The molecule has 0 aliphatic carbocycles. The predicted molar refractivity (Wildman–Crippen MR) is 99.6 cm³/mol. The molecule has 0 spiro atoms. The molecule has 0 aromatic carbocycles. The maximum atomic E-state index is 12.5. The van der Waals surface area contributed by atoms with Crippen molar-refractivity contribution in [2.45, 2.75) is 25.3 Å². The average Bonchev–Trinajstić information content (AvgIpc) is 2.55. The van der Waals surface area contributed by atoms with Crippen molar-refractivity contribution >= 4 is 28.3 Å². The molecule has 0 aliphatic rings. The number of amides is 1. The summed E-state index contributed by atoms with van der Waals surface area (Å²) in [7, 11) is -0.250. The maximum Gasteiger partial charge on any atom is 0.251 e. The molecule has 0 bridgehead atoms. The quantitative estimate of drug-likeness (QED) is 0.635. The largest absolute Gasteiger partial charge is 0.343 e. The maximum absolute atomic E-state index is 12.5. The number of aromatic nitrogens is 1. The van der Waals surface area contributed by atoms with Crippen molar-refractivity contribution in [3.63, 3.8) is 0 Å². The second-order valence-electron chi connectivity index (χ2n) is 5.34. The lowest BCUT2D eigenvalue weighted by Crippen LogP contribution is -2.37. The number of hydrogen-bond donors (Lipinski definition) is 1. The van der Waals surface area contributed by atoms with Crippen LogP contribution in [0.5, 0.6) is 0 Å². The van der Waals surface area contributed by atoms with Crippen LogP contribution in [-0.4, -0.2) is 68.4 Å². The van der Waals surface area contributed by atoms with E-state index >= 15 is 0 Å². The highest BCUT2D eigenvalue weighted by Gasteiger charge is 2.22. The summed E-state index contributed by atoms with van der Waals surface area (Å²) < 4.78 is 27.5. The molecule has 1 rings (SSSR count). The van der Waals surface area contributed by atoms with E-state index in [1.54, 1.807) is 27.9 Å². The van der Waals surface area contributed by atoms with E-state index in [0.717, 1.165) is 4.57 Å². The second-order valence-corrected chi connectivity index (χ2v) is 7.28. The Morgan fingerprint density at radius 1 is 1.24 bits per heavy atom. The Kier molecular flexibility index (Phi) is 9.95. The second kappa shape index (κ2) is 10.5. The zero-order chi connectivity index (χ0) is 18.3. The van der Waals surface area contributed by atoms with Crippen LogP contribution >= 0.6 is 12.4 Å². The number of hydrogen-bond acceptors (Lipinski definition) is 5. The highest BCUT2D eigenvalue weighted by atomic mass is 35.5. The normalized spacial score (nSPS) is 11.2. The summed E-state index contributed by atoms with van der Waals surface area (Å²) in [6.45, 7) is 5.11. The number of carbonyl (C=O) groups is 1. The number of sulfonamides is 1. The third-order valence-electron chi connectivity index (χ3n) is 3.73. The van der Waals surface area contributed by atoms with E-state index in [0.29, 0.717) is 26.2 Å². The number of pyridine rings is 1. The number of halogens is 1. The van der Waals surface area contributed by atoms with Crippen LogP contribution in [0, 0.1) is 0 Å². The van der Waals surface area contributed by atoms with Crippen molar-refractivity contribution in [1.29, 1.82) is 0 Å². The Bertz CT molecular complexity index is 716. The fourth-order valence-corrected chi connectivity index (χ4v) is 3.65. The molecule has 0 aliphatic heterocycles. The molecule has 0 saturated carbocycles. The van der Waals surface area contributed by atoms with E-state index in [9.17, 15) is 18.0 Å². The van der Waals surface area contributed by atoms with Gasteiger partial charge < -0.3 is 14.8 Å². The minimum Gasteiger partial charge on any atom is -0.343 e. The SMILES string of the molecule is CCN(CC)S(=O)(=O)c1ccc(=O)n(CC(=O)N(C)CCNC)c1.Cl. The van der Waals surface area contributed by atoms with E-state index in [1.807, 2.05) is 0 Å². The number of carbonyl (C=O) groups excluding carboxylic acids is 1. The predicted octanol–water partition coefficient (Wildman–Crippen LogP) is -0.0216. The van der Waals surface area contributed by atoms with E-state index in [2.05, 4.69) is 5.32 Å². The standard InChI is InChI=1S/C15H26N4O4S.ClH/c1-5-19(6-2)24(22,23)13-7-8-14(20)18(11-13)12-15(21)17(4)10-9-16-3;/h7-8,11,16H,5-6,9-10,12H2,1-4H3;1H. The first-order chi connectivity index (χ1) is 11.3. The lowest BCUT2D eigenvalue weighted by atomic mass is 10.4. The van der Waals surface area contributed by atoms with Crippen molar-refractivity contribution in [2.75, 3.05) is 40.3 Å². The smallest absolute Gasteiger partial charge is 0.251 e. The molecular formula is C15H27ClN4O4S. The molecule has 144 valence electrons. The van der Waals surface area contributed by atoms with Crippen molar-refractivity contribution in [1.82, 2.24) is 19.1 Å². The van der Waals surface area contributed by atoms with Gasteiger partial charge in [0.25, 0.3) is 5.56 Å². The van der Waals surface area contributed by atoms with Crippen molar-refractivity contribution < 1.29 is 13.2 Å². The summed E-state index contributed by atoms with van der Waals surface area (Å²) in [6, 6.07) is 2.46. The minimum absolute atomic E-state index is 0. The summed E-state index contributed by atoms with van der Waals surface area (Å²) in [5.41, 5.74) is -0.413. The van der Waals surface area contributed by atoms with Gasteiger partial charge in [-0.05, 0) is 13.1 Å². The Morgan fingerprint density at radius 3 is 2.36 bits per heavy atom. The Labute approximate surface area is 155 Å². The first-order valence-corrected chi connectivity index (χ1v) is 9.31. The Hall–Kier alpha value is -1.42. The zero-order valence-electron chi connectivity index (χ0n) is 15.1. The highest BCUT2D eigenvalue weighted by Crippen LogP contribution is 2.13. The van der Waals surface area contributed by atoms with Crippen LogP contribution in [0.2, 0.25) is 0 Å². The summed E-state index contributed by atoms with van der Waals surface area (Å²) in [6.07, 6.45) is 1.24. The fourth-order valence-electron chi connectivity index (χ4n) is 2.17. The van der Waals surface area contributed by atoms with Gasteiger partial charge in [-0.15, -0.1) is 12.4 Å². The Balaban J connectivity index is 0.00000576. The van der Waals surface area contributed by atoms with Crippen LogP contribution < -0.4 is 10.9 Å². The van der Waals surface area contributed by atoms with Crippen LogP contribution in [0.25, 0.3) is 0 Å². The van der Waals surface area contributed by atoms with E-state index in [4.69, 9.17) is 0 Å². The molecule has 25 heavy (non-hydrogen) atoms. The van der Waals surface area contributed by atoms with Gasteiger partial charge in [-0.3, -0.25) is 9.59 Å². The van der Waals surface area contributed by atoms with E-state index in [1.165, 1.54) is 27.5 Å². The monoisotopic (exact) mass is 394 g/mol. The van der Waals surface area contributed by atoms with Gasteiger partial charge in [-0.25, -0.2) is 8.42 Å². The summed E-state index contributed by atoms with van der Waals surface area (Å²) in [4.78, 5) is 25.6. The molecule has 1 aromatic rings. The van der Waals surface area contributed by atoms with Crippen LogP contribution in [0.1, 0.15) is 13.8 Å². The van der Waals surface area contributed by atoms with E-state index in [-0.39, 0.29) is 29.8 Å². The lowest BCUT2D eigenvalue weighted by Gasteiger charge is -2.20. The molecule has 0 saturated heterocycles. The van der Waals surface area contributed by atoms with Crippen LogP contribution in [-0.2, 0) is 21.4 Å². The van der Waals surface area contributed by atoms with Crippen molar-refractivity contribution in [2.24, 2.45) is 0 Å². The van der Waals surface area contributed by atoms with Crippen molar-refractivity contribution in [3.8, 4) is 0 Å². The van der Waals surface area contributed by atoms with Crippen LogP contribution in [0.15, 0.2) is 28.0 Å².